The van der Waals surface area contributed by atoms with E-state index in [4.69, 9.17) is 0 Å². The third kappa shape index (κ3) is 8.78. The van der Waals surface area contributed by atoms with E-state index in [0.717, 1.165) is 34.1 Å². The fraction of sp³-hybridized carbons (Fsp3) is 0. The molecule has 0 saturated heterocycles. The fourth-order valence-corrected chi connectivity index (χ4v) is 9.98. The molecule has 12 rings (SSSR count). The van der Waals surface area contributed by atoms with Gasteiger partial charge in [-0.1, -0.05) is 217 Å². The highest BCUT2D eigenvalue weighted by Crippen LogP contribution is 2.33. The van der Waals surface area contributed by atoms with Gasteiger partial charge in [0.25, 0.3) is 0 Å². The van der Waals surface area contributed by atoms with Crippen LogP contribution in [0.2, 0.25) is 0 Å². The molecule has 330 valence electrons. The molecule has 3 nitrogen and oxygen atoms in total. The number of hydrogen-bond acceptors (Lipinski definition) is 3. The zero-order valence-corrected chi connectivity index (χ0v) is 38.6. The number of fused-ring (bicyclic) bond motifs is 3. The average molecular weight is 894 g/mol. The van der Waals surface area contributed by atoms with Crippen molar-refractivity contribution < 1.29 is 0 Å². The first-order chi connectivity index (χ1) is 34.6. The van der Waals surface area contributed by atoms with Crippen LogP contribution in [0.1, 0.15) is 0 Å². The maximum atomic E-state index is 3.65. The fourth-order valence-electron chi connectivity index (χ4n) is 9.98. The zero-order valence-electron chi connectivity index (χ0n) is 38.6. The standard InChI is InChI=1S/C66H48BN3/c1-4-16-61-46(10-1)13-7-19-64(61)49-22-34-55(35-23-49)68-58-40-28-52(29-41-58)67(53-30-42-59(43-31-53)69-56-36-24-50(25-37-56)65-20-8-14-47-11-2-5-17-62(47)65)54-32-44-60(45-33-54)70-57-38-26-51(27-39-57)66-21-9-15-48-12-3-6-18-63(48)66/h1-45,68-70H. The van der Waals surface area contributed by atoms with Crippen LogP contribution in [0.5, 0.6) is 0 Å². The van der Waals surface area contributed by atoms with Crippen LogP contribution >= 0.6 is 0 Å². The Hall–Kier alpha value is -9.12. The van der Waals surface area contributed by atoms with E-state index >= 15 is 0 Å². The van der Waals surface area contributed by atoms with Gasteiger partial charge in [0.1, 0.15) is 0 Å². The molecule has 0 fully saturated rings. The molecule has 3 N–H and O–H groups in total. The molecular weight excluding hydrogens is 846 g/mol. The Morgan fingerprint density at radius 1 is 0.200 bits per heavy atom. The maximum Gasteiger partial charge on any atom is 0.241 e. The first-order valence-electron chi connectivity index (χ1n) is 24.0. The van der Waals surface area contributed by atoms with Gasteiger partial charge in [0.2, 0.25) is 6.71 Å². The predicted molar refractivity (Wildman–Crippen MR) is 302 cm³/mol. The summed E-state index contributed by atoms with van der Waals surface area (Å²) in [6.07, 6.45) is 0. The van der Waals surface area contributed by atoms with Gasteiger partial charge in [0, 0.05) is 34.1 Å². The molecule has 0 aliphatic carbocycles. The van der Waals surface area contributed by atoms with E-state index < -0.39 is 0 Å². The van der Waals surface area contributed by atoms with Gasteiger partial charge in [0.15, 0.2) is 0 Å². The molecule has 0 unspecified atom stereocenters. The topological polar surface area (TPSA) is 36.1 Å². The number of hydrogen-bond donors (Lipinski definition) is 3. The molecule has 70 heavy (non-hydrogen) atoms. The molecule has 0 bridgehead atoms. The minimum Gasteiger partial charge on any atom is -0.356 e. The summed E-state index contributed by atoms with van der Waals surface area (Å²) in [7, 11) is 0. The number of nitrogens with one attached hydrogen (secondary N) is 3. The van der Waals surface area contributed by atoms with Crippen molar-refractivity contribution in [2.45, 2.75) is 0 Å². The molecule has 0 aliphatic heterocycles. The van der Waals surface area contributed by atoms with Crippen LogP contribution in [0.25, 0.3) is 65.7 Å². The number of rotatable bonds is 12. The summed E-state index contributed by atoms with van der Waals surface area (Å²) in [6.45, 7) is 0.0112. The summed E-state index contributed by atoms with van der Waals surface area (Å²) in [5.41, 5.74) is 17.2. The summed E-state index contributed by atoms with van der Waals surface area (Å²) in [5, 5.41) is 18.5. The Bertz CT molecular complexity index is 3340. The van der Waals surface area contributed by atoms with Crippen molar-refractivity contribution in [1.82, 2.24) is 0 Å². The first-order valence-corrected chi connectivity index (χ1v) is 24.0. The molecule has 0 aromatic heterocycles. The second-order valence-electron chi connectivity index (χ2n) is 18.0. The molecule has 0 spiro atoms. The highest BCUT2D eigenvalue weighted by atomic mass is 14.9. The van der Waals surface area contributed by atoms with Crippen LogP contribution in [-0.2, 0) is 0 Å². The lowest BCUT2D eigenvalue weighted by molar-refractivity contribution is 1.55. The lowest BCUT2D eigenvalue weighted by Crippen LogP contribution is -2.51. The van der Waals surface area contributed by atoms with Crippen molar-refractivity contribution >= 4 is 89.5 Å². The summed E-state index contributed by atoms with van der Waals surface area (Å²) in [6, 6.07) is 98.1. The highest BCUT2D eigenvalue weighted by Gasteiger charge is 2.22. The van der Waals surface area contributed by atoms with Gasteiger partial charge in [-0.15, -0.1) is 0 Å². The van der Waals surface area contributed by atoms with E-state index in [1.54, 1.807) is 0 Å². The van der Waals surface area contributed by atoms with E-state index in [1.165, 1.54) is 82.1 Å². The van der Waals surface area contributed by atoms with Crippen LogP contribution in [-0.4, -0.2) is 6.71 Å². The Morgan fingerprint density at radius 3 is 0.700 bits per heavy atom. The normalized spacial score (nSPS) is 11.1. The monoisotopic (exact) mass is 893 g/mol. The van der Waals surface area contributed by atoms with Crippen LogP contribution in [0.3, 0.4) is 0 Å². The lowest BCUT2D eigenvalue weighted by Gasteiger charge is -2.18. The molecule has 4 heteroatoms. The molecule has 0 saturated carbocycles. The first kappa shape index (κ1) is 42.3. The van der Waals surface area contributed by atoms with Crippen LogP contribution in [0, 0.1) is 0 Å². The van der Waals surface area contributed by atoms with Gasteiger partial charge in [-0.25, -0.2) is 0 Å². The summed E-state index contributed by atoms with van der Waals surface area (Å²) >= 11 is 0. The minimum atomic E-state index is 0.0112. The van der Waals surface area contributed by atoms with E-state index in [0.29, 0.717) is 0 Å². The van der Waals surface area contributed by atoms with Crippen molar-refractivity contribution in [3.63, 3.8) is 0 Å². The Labute approximate surface area is 409 Å². The van der Waals surface area contributed by atoms with Gasteiger partial charge in [-0.3, -0.25) is 0 Å². The Morgan fingerprint density at radius 2 is 0.429 bits per heavy atom. The predicted octanol–water partition coefficient (Wildman–Crippen LogP) is 15.9. The van der Waals surface area contributed by atoms with Crippen LogP contribution in [0.4, 0.5) is 34.1 Å². The summed E-state index contributed by atoms with van der Waals surface area (Å²) in [4.78, 5) is 0. The van der Waals surface area contributed by atoms with E-state index in [2.05, 4.69) is 289 Å². The summed E-state index contributed by atoms with van der Waals surface area (Å²) in [5.74, 6) is 0. The number of anilines is 6. The Balaban J connectivity index is 0.791. The highest BCUT2D eigenvalue weighted by molar-refractivity contribution is 6.95. The molecule has 0 amide bonds. The van der Waals surface area contributed by atoms with E-state index in [1.807, 2.05) is 0 Å². The molecule has 0 aliphatic rings. The van der Waals surface area contributed by atoms with Crippen LogP contribution in [0.15, 0.2) is 273 Å². The smallest absolute Gasteiger partial charge is 0.241 e. The van der Waals surface area contributed by atoms with Gasteiger partial charge >= 0.3 is 0 Å². The van der Waals surface area contributed by atoms with Gasteiger partial charge in [-0.2, -0.15) is 0 Å². The second-order valence-corrected chi connectivity index (χ2v) is 18.0. The third-order valence-corrected chi connectivity index (χ3v) is 13.6. The van der Waals surface area contributed by atoms with Gasteiger partial charge in [0.05, 0.1) is 0 Å². The van der Waals surface area contributed by atoms with Gasteiger partial charge < -0.3 is 16.0 Å². The van der Waals surface area contributed by atoms with Crippen molar-refractivity contribution in [3.8, 4) is 33.4 Å². The van der Waals surface area contributed by atoms with Crippen molar-refractivity contribution in [2.24, 2.45) is 0 Å². The second kappa shape index (κ2) is 18.9. The van der Waals surface area contributed by atoms with E-state index in [9.17, 15) is 0 Å². The molecule has 0 radical (unpaired) electrons. The van der Waals surface area contributed by atoms with Crippen molar-refractivity contribution in [2.75, 3.05) is 16.0 Å². The molecule has 0 atom stereocenters. The molecule has 0 heterocycles. The zero-order chi connectivity index (χ0) is 46.6. The SMILES string of the molecule is c1ccc2c(-c3ccc(Nc4ccc(B(c5ccc(Nc6ccc(-c7cccc8ccccc78)cc6)cc5)c5ccc(Nc6ccc(-c7cccc8ccccc78)cc6)cc5)cc4)cc3)cccc2c1. The number of benzene rings is 12. The quantitative estimate of drug-likeness (QED) is 0.107. The molecule has 12 aromatic rings. The van der Waals surface area contributed by atoms with Crippen LogP contribution < -0.4 is 32.3 Å². The Kier molecular flexibility index (Phi) is 11.4. The lowest BCUT2D eigenvalue weighted by atomic mass is 9.37. The maximum absolute atomic E-state index is 3.65. The molecule has 12 aromatic carbocycles. The summed E-state index contributed by atoms with van der Waals surface area (Å²) < 4.78 is 0. The average Bonchev–Trinajstić information content (AvgIpc) is 3.42. The van der Waals surface area contributed by atoms with Crippen molar-refractivity contribution in [1.29, 1.82) is 0 Å². The van der Waals surface area contributed by atoms with E-state index in [-0.39, 0.29) is 6.71 Å². The molecular formula is C66H48BN3. The minimum absolute atomic E-state index is 0.0112. The third-order valence-electron chi connectivity index (χ3n) is 13.6. The van der Waals surface area contributed by atoms with Crippen molar-refractivity contribution in [3.05, 3.63) is 273 Å². The van der Waals surface area contributed by atoms with Gasteiger partial charge in [-0.05, 0) is 138 Å². The largest absolute Gasteiger partial charge is 0.356 e.